The molecule has 0 radical (unpaired) electrons. The molecule has 0 amide bonds. The first kappa shape index (κ1) is 13.7. The average Bonchev–Trinajstić information content (AvgIpc) is 2.62. The van der Waals surface area contributed by atoms with Crippen LogP contribution in [-0.2, 0) is 0 Å². The third-order valence-electron chi connectivity index (χ3n) is 5.11. The summed E-state index contributed by atoms with van der Waals surface area (Å²) in [4.78, 5) is 0. The monoisotopic (exact) mass is 287 g/mol. The van der Waals surface area contributed by atoms with E-state index in [-0.39, 0.29) is 6.85 Å². The van der Waals surface area contributed by atoms with Gasteiger partial charge in [0.15, 0.2) is 0 Å². The second-order valence-corrected chi connectivity index (χ2v) is 6.57. The first-order valence-electron chi connectivity index (χ1n) is 8.54. The van der Waals surface area contributed by atoms with Crippen LogP contribution in [0.25, 0.3) is 6.08 Å². The highest BCUT2D eigenvalue weighted by atomic mass is 14.8. The van der Waals surface area contributed by atoms with Crippen LogP contribution in [-0.4, -0.2) is 6.85 Å². The lowest BCUT2D eigenvalue weighted by Crippen LogP contribution is -2.38. The van der Waals surface area contributed by atoms with E-state index in [1.54, 1.807) is 0 Å². The van der Waals surface area contributed by atoms with E-state index >= 15 is 0 Å². The van der Waals surface area contributed by atoms with Crippen LogP contribution in [0.4, 0.5) is 5.69 Å². The molecule has 2 heteroatoms. The fraction of sp³-hybridized carbons (Fsp3) is 0.300. The molecular weight excluding hydrogens is 265 g/mol. The molecule has 1 aliphatic carbocycles. The molecule has 0 bridgehead atoms. The zero-order valence-electron chi connectivity index (χ0n) is 13.0. The summed E-state index contributed by atoms with van der Waals surface area (Å²) < 4.78 is 0. The molecule has 4 rings (SSSR count). The van der Waals surface area contributed by atoms with Gasteiger partial charge in [-0.25, -0.2) is 0 Å². The number of hydrogen-bond donors (Lipinski definition) is 1. The lowest BCUT2D eigenvalue weighted by atomic mass is 9.54. The maximum Gasteiger partial charge on any atom is 0.313 e. The lowest BCUT2D eigenvalue weighted by molar-refractivity contribution is 0.443. The minimum absolute atomic E-state index is 0.287. The number of anilines is 1. The first-order valence-corrected chi connectivity index (χ1v) is 8.54. The van der Waals surface area contributed by atoms with Crippen LogP contribution in [0, 0.1) is 0 Å². The summed E-state index contributed by atoms with van der Waals surface area (Å²) >= 11 is 0. The molecule has 2 aromatic rings. The van der Waals surface area contributed by atoms with Gasteiger partial charge in [0.25, 0.3) is 0 Å². The Kier molecular flexibility index (Phi) is 3.76. The highest BCUT2D eigenvalue weighted by Gasteiger charge is 2.20. The summed E-state index contributed by atoms with van der Waals surface area (Å²) in [5.41, 5.74) is 5.39. The fourth-order valence-corrected chi connectivity index (χ4v) is 3.80. The Balaban J connectivity index is 1.52. The van der Waals surface area contributed by atoms with Gasteiger partial charge in [0.1, 0.15) is 0 Å². The zero-order valence-corrected chi connectivity index (χ0v) is 13.0. The van der Waals surface area contributed by atoms with Crippen molar-refractivity contribution in [2.24, 2.45) is 0 Å². The third kappa shape index (κ3) is 2.70. The summed E-state index contributed by atoms with van der Waals surface area (Å²) in [7, 11) is 0. The van der Waals surface area contributed by atoms with Gasteiger partial charge < -0.3 is 5.23 Å². The molecule has 0 aromatic heterocycles. The topological polar surface area (TPSA) is 12.0 Å². The van der Waals surface area contributed by atoms with Crippen molar-refractivity contribution in [1.82, 2.24) is 0 Å². The molecule has 110 valence electrons. The van der Waals surface area contributed by atoms with E-state index in [2.05, 4.69) is 65.8 Å². The maximum atomic E-state index is 3.63. The van der Waals surface area contributed by atoms with Crippen molar-refractivity contribution in [3.05, 3.63) is 65.6 Å². The quantitative estimate of drug-likeness (QED) is 0.795. The standard InChI is InChI=1S/C20H22BN/c1-2-6-16(7-3-1)17-10-12-19(13-11-17)21-15-14-18-8-4-5-9-20(18)22-21/h4-5,8-16,22H,1-3,6-7H2. The fourth-order valence-electron chi connectivity index (χ4n) is 3.80. The van der Waals surface area contributed by atoms with Crippen molar-refractivity contribution in [3.8, 4) is 0 Å². The molecule has 0 spiro atoms. The summed E-state index contributed by atoms with van der Waals surface area (Å²) in [6.45, 7) is 0.287. The van der Waals surface area contributed by atoms with Crippen LogP contribution in [0.2, 0.25) is 0 Å². The molecule has 0 atom stereocenters. The van der Waals surface area contributed by atoms with E-state index in [1.165, 1.54) is 54.4 Å². The molecule has 2 aliphatic rings. The molecule has 1 heterocycles. The van der Waals surface area contributed by atoms with Gasteiger partial charge in [0.2, 0.25) is 0 Å². The zero-order chi connectivity index (χ0) is 14.8. The van der Waals surface area contributed by atoms with E-state index in [0.29, 0.717) is 0 Å². The van der Waals surface area contributed by atoms with Crippen LogP contribution >= 0.6 is 0 Å². The van der Waals surface area contributed by atoms with E-state index < -0.39 is 0 Å². The average molecular weight is 287 g/mol. The van der Waals surface area contributed by atoms with Crippen LogP contribution in [0.5, 0.6) is 0 Å². The predicted molar refractivity (Wildman–Crippen MR) is 96.8 cm³/mol. The number of benzene rings is 2. The van der Waals surface area contributed by atoms with Gasteiger partial charge in [-0.15, -0.1) is 0 Å². The van der Waals surface area contributed by atoms with Crippen molar-refractivity contribution < 1.29 is 0 Å². The molecule has 0 saturated heterocycles. The van der Waals surface area contributed by atoms with E-state index in [0.717, 1.165) is 5.92 Å². The van der Waals surface area contributed by atoms with Gasteiger partial charge in [-0.2, -0.15) is 0 Å². The second kappa shape index (κ2) is 6.04. The number of para-hydroxylation sites is 1. The molecule has 1 nitrogen and oxygen atoms in total. The van der Waals surface area contributed by atoms with Crippen LogP contribution in [0.3, 0.4) is 0 Å². The smallest absolute Gasteiger partial charge is 0.313 e. The molecular formula is C20H22BN. The maximum absolute atomic E-state index is 3.63. The van der Waals surface area contributed by atoms with Gasteiger partial charge in [-0.1, -0.05) is 79.2 Å². The minimum atomic E-state index is 0.287. The number of fused-ring (bicyclic) bond motifs is 1. The number of hydrogen-bond acceptors (Lipinski definition) is 1. The van der Waals surface area contributed by atoms with Crippen molar-refractivity contribution in [3.63, 3.8) is 0 Å². The Morgan fingerprint density at radius 2 is 1.64 bits per heavy atom. The van der Waals surface area contributed by atoms with Gasteiger partial charge >= 0.3 is 6.85 Å². The Bertz CT molecular complexity index is 668. The molecule has 1 fully saturated rings. The largest absolute Gasteiger partial charge is 0.420 e. The van der Waals surface area contributed by atoms with E-state index in [4.69, 9.17) is 0 Å². The predicted octanol–water partition coefficient (Wildman–Crippen LogP) is 4.61. The summed E-state index contributed by atoms with van der Waals surface area (Å²) in [5, 5.41) is 3.63. The third-order valence-corrected chi connectivity index (χ3v) is 5.11. The van der Waals surface area contributed by atoms with Crippen molar-refractivity contribution in [1.29, 1.82) is 0 Å². The Hall–Kier alpha value is -1.96. The lowest BCUT2D eigenvalue weighted by Gasteiger charge is -2.23. The minimum Gasteiger partial charge on any atom is -0.420 e. The molecule has 22 heavy (non-hydrogen) atoms. The van der Waals surface area contributed by atoms with Gasteiger partial charge in [0.05, 0.1) is 0 Å². The number of nitrogens with one attached hydrogen (secondary N) is 1. The molecule has 1 saturated carbocycles. The summed E-state index contributed by atoms with van der Waals surface area (Å²) in [5.74, 6) is 3.05. The van der Waals surface area contributed by atoms with Crippen LogP contribution < -0.4 is 10.7 Å². The Labute approximate surface area is 133 Å². The molecule has 1 aliphatic heterocycles. The summed E-state index contributed by atoms with van der Waals surface area (Å²) in [6, 6.07) is 17.8. The van der Waals surface area contributed by atoms with Crippen LogP contribution in [0.1, 0.15) is 49.1 Å². The highest BCUT2D eigenvalue weighted by molar-refractivity contribution is 6.81. The van der Waals surface area contributed by atoms with Gasteiger partial charge in [-0.05, 0) is 36.0 Å². The Morgan fingerprint density at radius 3 is 2.45 bits per heavy atom. The SMILES string of the molecule is C1=Cc2ccccc2NB1c1ccc(C2CCCCC2)cc1. The van der Waals surface area contributed by atoms with Crippen LogP contribution in [0.15, 0.2) is 54.5 Å². The molecule has 0 unspecified atom stereocenters. The number of rotatable bonds is 2. The van der Waals surface area contributed by atoms with Crippen molar-refractivity contribution >= 4 is 24.1 Å². The molecule has 2 aromatic carbocycles. The highest BCUT2D eigenvalue weighted by Crippen LogP contribution is 2.32. The van der Waals surface area contributed by atoms with Crippen molar-refractivity contribution in [2.75, 3.05) is 5.23 Å². The first-order chi connectivity index (χ1) is 10.9. The summed E-state index contributed by atoms with van der Waals surface area (Å²) in [6.07, 6.45) is 9.19. The molecule has 1 N–H and O–H groups in total. The van der Waals surface area contributed by atoms with Gasteiger partial charge in [0, 0.05) is 5.69 Å². The normalized spacial score (nSPS) is 17.9. The Morgan fingerprint density at radius 1 is 0.864 bits per heavy atom. The second-order valence-electron chi connectivity index (χ2n) is 6.57. The van der Waals surface area contributed by atoms with Gasteiger partial charge in [-0.3, -0.25) is 0 Å². The van der Waals surface area contributed by atoms with E-state index in [1.807, 2.05) is 0 Å². The van der Waals surface area contributed by atoms with Crippen molar-refractivity contribution in [2.45, 2.75) is 38.0 Å². The van der Waals surface area contributed by atoms with E-state index in [9.17, 15) is 0 Å².